The van der Waals surface area contributed by atoms with Gasteiger partial charge in [-0.15, -0.1) is 0 Å². The zero-order valence-electron chi connectivity index (χ0n) is 15.6. The second-order valence-corrected chi connectivity index (χ2v) is 9.38. The first-order valence-electron chi connectivity index (χ1n) is 8.96. The molecule has 0 aliphatic carbocycles. The van der Waals surface area contributed by atoms with E-state index in [0.717, 1.165) is 4.90 Å². The lowest BCUT2D eigenvalue weighted by Crippen LogP contribution is -2.47. The van der Waals surface area contributed by atoms with Crippen molar-refractivity contribution in [1.82, 2.24) is 15.1 Å². The number of benzene rings is 1. The molecule has 1 aromatic carbocycles. The summed E-state index contributed by atoms with van der Waals surface area (Å²) < 4.78 is 36.5. The Balaban J connectivity index is 1.78. The summed E-state index contributed by atoms with van der Waals surface area (Å²) in [4.78, 5) is 40.1. The minimum Gasteiger partial charge on any atom is -0.340 e. The van der Waals surface area contributed by atoms with Crippen LogP contribution in [0.4, 0.5) is 9.18 Å². The third-order valence-corrected chi connectivity index (χ3v) is 7.24. The first-order chi connectivity index (χ1) is 13.1. The molecule has 2 atom stereocenters. The summed E-state index contributed by atoms with van der Waals surface area (Å²) in [5, 5.41) is 2.63. The largest absolute Gasteiger partial charge is 0.340 e. The molecule has 2 saturated heterocycles. The molecule has 1 aromatic rings. The Morgan fingerprint density at radius 1 is 1.32 bits per heavy atom. The van der Waals surface area contributed by atoms with Crippen LogP contribution in [0.3, 0.4) is 0 Å². The Morgan fingerprint density at radius 2 is 1.96 bits per heavy atom. The number of hydrogen-bond donors (Lipinski definition) is 1. The van der Waals surface area contributed by atoms with Crippen LogP contribution in [0.5, 0.6) is 0 Å². The topological polar surface area (TPSA) is 104 Å². The maximum atomic E-state index is 13.2. The van der Waals surface area contributed by atoms with Crippen molar-refractivity contribution in [1.29, 1.82) is 0 Å². The second kappa shape index (κ2) is 7.16. The van der Waals surface area contributed by atoms with E-state index >= 15 is 0 Å². The van der Waals surface area contributed by atoms with Gasteiger partial charge in [-0.2, -0.15) is 0 Å². The fourth-order valence-electron chi connectivity index (χ4n) is 3.67. The van der Waals surface area contributed by atoms with Crippen molar-refractivity contribution in [3.8, 4) is 0 Å². The van der Waals surface area contributed by atoms with Crippen LogP contribution >= 0.6 is 0 Å². The number of likely N-dealkylation sites (N-methyl/N-ethyl adjacent to an activating group) is 1. The minimum absolute atomic E-state index is 0.0158. The summed E-state index contributed by atoms with van der Waals surface area (Å²) in [5.74, 6) is -1.68. The lowest BCUT2D eigenvalue weighted by Gasteiger charge is -2.27. The van der Waals surface area contributed by atoms with E-state index in [4.69, 9.17) is 0 Å². The lowest BCUT2D eigenvalue weighted by atomic mass is 9.87. The summed E-state index contributed by atoms with van der Waals surface area (Å²) in [7, 11) is -1.70. The van der Waals surface area contributed by atoms with Crippen LogP contribution in [-0.4, -0.2) is 67.2 Å². The number of urea groups is 1. The van der Waals surface area contributed by atoms with Crippen LogP contribution in [0.15, 0.2) is 24.3 Å². The van der Waals surface area contributed by atoms with E-state index in [1.165, 1.54) is 36.2 Å². The average Bonchev–Trinajstić information content (AvgIpc) is 3.13. The van der Waals surface area contributed by atoms with Gasteiger partial charge in [0, 0.05) is 13.1 Å². The van der Waals surface area contributed by atoms with Gasteiger partial charge in [-0.1, -0.05) is 19.1 Å². The van der Waals surface area contributed by atoms with Gasteiger partial charge in [0.1, 0.15) is 17.9 Å². The molecule has 10 heteroatoms. The standard InChI is InChI=1S/C18H22FN3O5S/c1-3-18(12-4-6-13(19)7-5-12)16(24)22(17(25)20-18)10-15(23)21(2)14-8-9-28(26,27)11-14/h4-7,14H,3,8-11H2,1-2H3,(H,20,25)/t14-,18-/m0/s1. The van der Waals surface area contributed by atoms with E-state index < -0.39 is 51.6 Å². The first kappa shape index (κ1) is 20.2. The molecule has 8 nitrogen and oxygen atoms in total. The van der Waals surface area contributed by atoms with Crippen molar-refractivity contribution in [3.05, 3.63) is 35.6 Å². The van der Waals surface area contributed by atoms with E-state index in [-0.39, 0.29) is 17.9 Å². The number of carbonyl (C=O) groups excluding carboxylic acids is 3. The Labute approximate surface area is 162 Å². The average molecular weight is 411 g/mol. The molecule has 2 heterocycles. The van der Waals surface area contributed by atoms with Crippen LogP contribution in [-0.2, 0) is 25.0 Å². The van der Waals surface area contributed by atoms with Gasteiger partial charge in [-0.3, -0.25) is 14.5 Å². The summed E-state index contributed by atoms with van der Waals surface area (Å²) in [5.41, 5.74) is -0.930. The zero-order chi connectivity index (χ0) is 20.7. The predicted molar refractivity (Wildman–Crippen MR) is 98.4 cm³/mol. The molecule has 0 unspecified atom stereocenters. The number of rotatable bonds is 5. The minimum atomic E-state index is -3.17. The molecule has 0 radical (unpaired) electrons. The molecule has 1 N–H and O–H groups in total. The number of nitrogens with zero attached hydrogens (tertiary/aromatic N) is 2. The zero-order valence-corrected chi connectivity index (χ0v) is 16.5. The fraction of sp³-hybridized carbons (Fsp3) is 0.500. The van der Waals surface area contributed by atoms with E-state index in [1.54, 1.807) is 6.92 Å². The Hall–Kier alpha value is -2.49. The molecule has 0 saturated carbocycles. The van der Waals surface area contributed by atoms with Gasteiger partial charge in [-0.25, -0.2) is 17.6 Å². The van der Waals surface area contributed by atoms with Crippen LogP contribution in [0, 0.1) is 5.82 Å². The highest BCUT2D eigenvalue weighted by molar-refractivity contribution is 7.91. The summed E-state index contributed by atoms with van der Waals surface area (Å²) in [6, 6.07) is 4.08. The molecule has 0 aromatic heterocycles. The maximum Gasteiger partial charge on any atom is 0.325 e. The van der Waals surface area contributed by atoms with E-state index in [2.05, 4.69) is 5.32 Å². The number of nitrogens with one attached hydrogen (secondary N) is 1. The number of sulfone groups is 1. The van der Waals surface area contributed by atoms with Gasteiger partial charge in [0.2, 0.25) is 5.91 Å². The number of halogens is 1. The molecule has 28 heavy (non-hydrogen) atoms. The Morgan fingerprint density at radius 3 is 2.50 bits per heavy atom. The van der Waals surface area contributed by atoms with Crippen molar-refractivity contribution in [2.45, 2.75) is 31.3 Å². The molecular weight excluding hydrogens is 389 g/mol. The third kappa shape index (κ3) is 3.48. The third-order valence-electron chi connectivity index (χ3n) is 5.49. The highest BCUT2D eigenvalue weighted by atomic mass is 32.2. The van der Waals surface area contributed by atoms with Crippen LogP contribution in [0.1, 0.15) is 25.3 Å². The van der Waals surface area contributed by atoms with Crippen molar-refractivity contribution in [3.63, 3.8) is 0 Å². The maximum absolute atomic E-state index is 13.2. The number of amides is 4. The predicted octanol–water partition coefficient (Wildman–Crippen LogP) is 0.628. The van der Waals surface area contributed by atoms with Crippen LogP contribution in [0.25, 0.3) is 0 Å². The summed E-state index contributed by atoms with van der Waals surface area (Å²) in [6.45, 7) is 1.23. The molecular formula is C18H22FN3O5S. The van der Waals surface area contributed by atoms with Crippen molar-refractivity contribution >= 4 is 27.7 Å². The van der Waals surface area contributed by atoms with Gasteiger partial charge in [0.15, 0.2) is 9.84 Å². The molecule has 0 spiro atoms. The van der Waals surface area contributed by atoms with Gasteiger partial charge >= 0.3 is 6.03 Å². The fourth-order valence-corrected chi connectivity index (χ4v) is 5.45. The SMILES string of the molecule is CC[C@@]1(c2ccc(F)cc2)NC(=O)N(CC(=O)N(C)[C@H]2CCS(=O)(=O)C2)C1=O. The molecule has 2 aliphatic heterocycles. The number of imide groups is 1. The first-order valence-corrected chi connectivity index (χ1v) is 10.8. The van der Waals surface area contributed by atoms with E-state index in [1.807, 2.05) is 0 Å². The summed E-state index contributed by atoms with van der Waals surface area (Å²) >= 11 is 0. The Bertz CT molecular complexity index is 918. The molecule has 2 aliphatic rings. The van der Waals surface area contributed by atoms with Gasteiger partial charge < -0.3 is 10.2 Å². The lowest BCUT2D eigenvalue weighted by molar-refractivity contribution is -0.139. The van der Waals surface area contributed by atoms with Crippen molar-refractivity contribution in [2.75, 3.05) is 25.1 Å². The smallest absolute Gasteiger partial charge is 0.325 e. The molecule has 2 fully saturated rings. The normalized spacial score (nSPS) is 26.4. The van der Waals surface area contributed by atoms with E-state index in [9.17, 15) is 27.2 Å². The highest BCUT2D eigenvalue weighted by Gasteiger charge is 2.52. The van der Waals surface area contributed by atoms with Crippen molar-refractivity contribution < 1.29 is 27.2 Å². The van der Waals surface area contributed by atoms with Gasteiger partial charge in [-0.05, 0) is 30.5 Å². The second-order valence-electron chi connectivity index (χ2n) is 7.15. The van der Waals surface area contributed by atoms with Gasteiger partial charge in [0.05, 0.1) is 11.5 Å². The molecule has 4 amide bonds. The van der Waals surface area contributed by atoms with Crippen LogP contribution in [0.2, 0.25) is 0 Å². The number of carbonyl (C=O) groups is 3. The molecule has 0 bridgehead atoms. The number of hydrogen-bond acceptors (Lipinski definition) is 5. The van der Waals surface area contributed by atoms with Gasteiger partial charge in [0.25, 0.3) is 5.91 Å². The van der Waals surface area contributed by atoms with Crippen molar-refractivity contribution in [2.24, 2.45) is 0 Å². The highest BCUT2D eigenvalue weighted by Crippen LogP contribution is 2.32. The van der Waals surface area contributed by atoms with Crippen LogP contribution < -0.4 is 5.32 Å². The summed E-state index contributed by atoms with van der Waals surface area (Å²) in [6.07, 6.45) is 0.559. The Kier molecular flexibility index (Phi) is 5.18. The monoisotopic (exact) mass is 411 g/mol. The van der Waals surface area contributed by atoms with E-state index in [0.29, 0.717) is 12.0 Å². The quantitative estimate of drug-likeness (QED) is 0.716. The molecule has 152 valence electrons. The molecule has 3 rings (SSSR count).